The number of benzene rings is 2. The first-order chi connectivity index (χ1) is 12.5. The Balaban J connectivity index is 1.69. The third kappa shape index (κ3) is 4.81. The van der Waals surface area contributed by atoms with E-state index in [-0.39, 0.29) is 16.0 Å². The van der Waals surface area contributed by atoms with E-state index in [1.165, 1.54) is 12.1 Å². The van der Waals surface area contributed by atoms with Gasteiger partial charge in [0, 0.05) is 52.8 Å². The van der Waals surface area contributed by atoms with E-state index in [1.807, 2.05) is 24.3 Å². The Kier molecular flexibility index (Phi) is 6.24. The van der Waals surface area contributed by atoms with Crippen LogP contribution in [-0.2, 0) is 21.3 Å². The molecule has 6 nitrogen and oxygen atoms in total. The van der Waals surface area contributed by atoms with Gasteiger partial charge in [-0.1, -0.05) is 23.7 Å². The van der Waals surface area contributed by atoms with Gasteiger partial charge in [0.05, 0.1) is 15.6 Å². The molecular weight excluding hydrogens is 376 g/mol. The van der Waals surface area contributed by atoms with Gasteiger partial charge >= 0.3 is 0 Å². The number of nitro benzene ring substituents is 1. The number of nitrogens with one attached hydrogen (secondary N) is 1. The molecule has 1 saturated heterocycles. The summed E-state index contributed by atoms with van der Waals surface area (Å²) in [7, 11) is -0.934. The minimum atomic E-state index is -0.934. The highest BCUT2D eigenvalue weighted by molar-refractivity contribution is 7.84. The lowest BCUT2D eigenvalue weighted by Crippen LogP contribution is -2.25. The second-order valence-electron chi connectivity index (χ2n) is 6.08. The normalized spacial score (nSPS) is 16.2. The minimum absolute atomic E-state index is 0.0545. The van der Waals surface area contributed by atoms with Crippen molar-refractivity contribution in [3.05, 3.63) is 63.2 Å². The largest absolute Gasteiger partial charge is 0.381 e. The van der Waals surface area contributed by atoms with Crippen LogP contribution in [0.3, 0.4) is 0 Å². The number of halogens is 1. The standard InChI is InChI=1S/C18H19ClN2O4S/c19-17-11-15(21(22)23)4-5-18(17)20-14-3-1-2-13(10-14)12-26(24)16-6-8-25-9-7-16/h1-5,10-11,16,20H,6-9,12H2. The molecule has 1 heterocycles. The molecule has 8 heteroatoms. The van der Waals surface area contributed by atoms with Crippen molar-refractivity contribution in [1.82, 2.24) is 0 Å². The van der Waals surface area contributed by atoms with Crippen LogP contribution in [0.5, 0.6) is 0 Å². The molecule has 1 aliphatic heterocycles. The Labute approximate surface area is 159 Å². The third-order valence-electron chi connectivity index (χ3n) is 4.22. The van der Waals surface area contributed by atoms with Gasteiger partial charge < -0.3 is 10.1 Å². The van der Waals surface area contributed by atoms with Gasteiger partial charge in [0.1, 0.15) is 0 Å². The number of nitro groups is 1. The second-order valence-corrected chi connectivity index (χ2v) is 8.21. The molecule has 2 aromatic carbocycles. The molecule has 2 aromatic rings. The van der Waals surface area contributed by atoms with Gasteiger partial charge in [0.2, 0.25) is 0 Å². The molecule has 1 atom stereocenters. The zero-order chi connectivity index (χ0) is 18.5. The van der Waals surface area contributed by atoms with E-state index in [0.29, 0.717) is 24.7 Å². The molecule has 1 aliphatic rings. The van der Waals surface area contributed by atoms with Gasteiger partial charge in [-0.15, -0.1) is 0 Å². The molecule has 1 fully saturated rings. The first kappa shape index (κ1) is 18.8. The Bertz CT molecular complexity index is 825. The van der Waals surface area contributed by atoms with Crippen LogP contribution >= 0.6 is 11.6 Å². The number of nitrogens with zero attached hydrogens (tertiary/aromatic N) is 1. The number of anilines is 2. The van der Waals surface area contributed by atoms with Gasteiger partial charge in [0.15, 0.2) is 0 Å². The van der Waals surface area contributed by atoms with Gasteiger partial charge in [0.25, 0.3) is 5.69 Å². The molecule has 0 spiro atoms. The van der Waals surface area contributed by atoms with Crippen LogP contribution in [-0.4, -0.2) is 27.6 Å². The molecule has 1 N–H and O–H groups in total. The fourth-order valence-electron chi connectivity index (χ4n) is 2.83. The van der Waals surface area contributed by atoms with Crippen molar-refractivity contribution in [1.29, 1.82) is 0 Å². The summed E-state index contributed by atoms with van der Waals surface area (Å²) in [6.45, 7) is 1.35. The van der Waals surface area contributed by atoms with Crippen molar-refractivity contribution in [3.63, 3.8) is 0 Å². The van der Waals surface area contributed by atoms with E-state index in [2.05, 4.69) is 5.32 Å². The Morgan fingerprint density at radius 1 is 1.23 bits per heavy atom. The van der Waals surface area contributed by atoms with Crippen molar-refractivity contribution in [2.24, 2.45) is 0 Å². The summed E-state index contributed by atoms with van der Waals surface area (Å²) < 4.78 is 17.9. The number of non-ortho nitro benzene ring substituents is 1. The monoisotopic (exact) mass is 394 g/mol. The van der Waals surface area contributed by atoms with E-state index in [0.717, 1.165) is 24.1 Å². The lowest BCUT2D eigenvalue weighted by Gasteiger charge is -2.21. The summed E-state index contributed by atoms with van der Waals surface area (Å²) in [4.78, 5) is 10.3. The topological polar surface area (TPSA) is 81.5 Å². The van der Waals surface area contributed by atoms with Crippen LogP contribution in [0.15, 0.2) is 42.5 Å². The first-order valence-electron chi connectivity index (χ1n) is 8.28. The second kappa shape index (κ2) is 8.62. The maximum Gasteiger partial charge on any atom is 0.271 e. The van der Waals surface area contributed by atoms with E-state index >= 15 is 0 Å². The number of rotatable bonds is 6. The predicted octanol–water partition coefficient (Wildman–Crippen LogP) is 4.42. The van der Waals surface area contributed by atoms with Crippen LogP contribution in [0.25, 0.3) is 0 Å². The molecule has 26 heavy (non-hydrogen) atoms. The lowest BCUT2D eigenvalue weighted by atomic mass is 10.2. The van der Waals surface area contributed by atoms with Crippen molar-refractivity contribution in [3.8, 4) is 0 Å². The Hall–Kier alpha value is -1.96. The molecule has 0 amide bonds. The average Bonchev–Trinajstić information content (AvgIpc) is 2.64. The number of hydrogen-bond donors (Lipinski definition) is 1. The molecule has 0 saturated carbocycles. The van der Waals surface area contributed by atoms with Crippen LogP contribution in [0.4, 0.5) is 17.1 Å². The number of hydrogen-bond acceptors (Lipinski definition) is 5. The third-order valence-corrected chi connectivity index (χ3v) is 6.36. The molecule has 138 valence electrons. The van der Waals surface area contributed by atoms with E-state index in [4.69, 9.17) is 16.3 Å². The fraction of sp³-hybridized carbons (Fsp3) is 0.333. The van der Waals surface area contributed by atoms with Crippen molar-refractivity contribution in [2.75, 3.05) is 18.5 Å². The molecular formula is C18H19ClN2O4S. The Morgan fingerprint density at radius 3 is 2.69 bits per heavy atom. The van der Waals surface area contributed by atoms with Gasteiger partial charge in [-0.25, -0.2) is 0 Å². The molecule has 3 rings (SSSR count). The highest BCUT2D eigenvalue weighted by Gasteiger charge is 2.20. The highest BCUT2D eigenvalue weighted by Crippen LogP contribution is 2.29. The fourth-order valence-corrected chi connectivity index (χ4v) is 4.52. The van der Waals surface area contributed by atoms with Crippen molar-refractivity contribution < 1.29 is 13.9 Å². The summed E-state index contributed by atoms with van der Waals surface area (Å²) in [5.74, 6) is 0.494. The molecule has 0 aromatic heterocycles. The minimum Gasteiger partial charge on any atom is -0.381 e. The van der Waals surface area contributed by atoms with Gasteiger partial charge in [-0.3, -0.25) is 14.3 Å². The zero-order valence-electron chi connectivity index (χ0n) is 14.0. The van der Waals surface area contributed by atoms with E-state index < -0.39 is 15.7 Å². The van der Waals surface area contributed by atoms with Gasteiger partial charge in [-0.05, 0) is 36.6 Å². The molecule has 0 radical (unpaired) electrons. The highest BCUT2D eigenvalue weighted by atomic mass is 35.5. The molecule has 0 aliphatic carbocycles. The average molecular weight is 395 g/mol. The quantitative estimate of drug-likeness (QED) is 0.579. The number of ether oxygens (including phenoxy) is 1. The molecule has 1 unspecified atom stereocenters. The summed E-state index contributed by atoms with van der Waals surface area (Å²) in [5, 5.41) is 14.4. The van der Waals surface area contributed by atoms with E-state index in [9.17, 15) is 14.3 Å². The first-order valence-corrected chi connectivity index (χ1v) is 10.0. The summed E-state index contributed by atoms with van der Waals surface area (Å²) in [5.41, 5.74) is 2.29. The Morgan fingerprint density at radius 2 is 2.00 bits per heavy atom. The maximum absolute atomic E-state index is 12.5. The predicted molar refractivity (Wildman–Crippen MR) is 104 cm³/mol. The van der Waals surface area contributed by atoms with Gasteiger partial charge in [-0.2, -0.15) is 0 Å². The van der Waals surface area contributed by atoms with Crippen molar-refractivity contribution >= 4 is 39.5 Å². The summed E-state index contributed by atoms with van der Waals surface area (Å²) in [6.07, 6.45) is 1.67. The maximum atomic E-state index is 12.5. The molecule has 0 bridgehead atoms. The summed E-state index contributed by atoms with van der Waals surface area (Å²) >= 11 is 6.12. The van der Waals surface area contributed by atoms with Crippen LogP contribution in [0.2, 0.25) is 5.02 Å². The van der Waals surface area contributed by atoms with E-state index in [1.54, 1.807) is 6.07 Å². The van der Waals surface area contributed by atoms with Crippen LogP contribution < -0.4 is 5.32 Å². The summed E-state index contributed by atoms with van der Waals surface area (Å²) in [6, 6.07) is 11.9. The van der Waals surface area contributed by atoms with Crippen molar-refractivity contribution in [2.45, 2.75) is 23.8 Å². The lowest BCUT2D eigenvalue weighted by molar-refractivity contribution is -0.384. The van der Waals surface area contributed by atoms with Crippen LogP contribution in [0.1, 0.15) is 18.4 Å². The smallest absolute Gasteiger partial charge is 0.271 e. The van der Waals surface area contributed by atoms with Crippen LogP contribution in [0, 0.1) is 10.1 Å². The zero-order valence-corrected chi connectivity index (χ0v) is 15.6. The SMILES string of the molecule is O=[N+]([O-])c1ccc(Nc2cccc(CS(=O)C3CCOCC3)c2)c(Cl)c1.